The maximum atomic E-state index is 11.1. The Labute approximate surface area is 69.5 Å². The van der Waals surface area contributed by atoms with Crippen molar-refractivity contribution < 1.29 is 19.0 Å². The number of aromatic nitrogens is 2. The van der Waals surface area contributed by atoms with E-state index in [9.17, 15) is 5.11 Å². The minimum atomic E-state index is -0.574. The molecule has 0 atom stereocenters. The van der Waals surface area contributed by atoms with E-state index in [2.05, 4.69) is 9.79 Å². The van der Waals surface area contributed by atoms with Crippen molar-refractivity contribution in [1.82, 2.24) is 5.27 Å². The molecule has 1 aromatic rings. The highest BCUT2D eigenvalue weighted by atomic mass is 16.6. The minimum absolute atomic E-state index is 0.403. The fraction of sp³-hybridized carbons (Fsp3) is 0.714. The summed E-state index contributed by atoms with van der Waals surface area (Å²) in [4.78, 5) is 0. The quantitative estimate of drug-likeness (QED) is 0.483. The molecule has 0 bridgehead atoms. The molecule has 5 nitrogen and oxygen atoms in total. The molecule has 0 unspecified atom stereocenters. The first kappa shape index (κ1) is 7.54. The van der Waals surface area contributed by atoms with Crippen LogP contribution in [0.4, 0.5) is 0 Å². The molecule has 0 aliphatic carbocycles. The van der Waals surface area contributed by atoms with Crippen LogP contribution in [0.1, 0.15) is 19.5 Å². The van der Waals surface area contributed by atoms with Crippen LogP contribution in [0.15, 0.2) is 4.52 Å². The lowest BCUT2D eigenvalue weighted by atomic mass is 10.0. The summed E-state index contributed by atoms with van der Waals surface area (Å²) in [5.74, 6) is -0.403. The van der Waals surface area contributed by atoms with Gasteiger partial charge in [-0.3, -0.25) is 0 Å². The molecule has 2 heterocycles. The third-order valence-corrected chi connectivity index (χ3v) is 2.01. The second kappa shape index (κ2) is 2.20. The highest BCUT2D eigenvalue weighted by molar-refractivity contribution is 5.12. The molecule has 12 heavy (non-hydrogen) atoms. The van der Waals surface area contributed by atoms with Crippen molar-refractivity contribution in [2.45, 2.75) is 26.0 Å². The summed E-state index contributed by atoms with van der Waals surface area (Å²) in [7, 11) is 0. The van der Waals surface area contributed by atoms with Gasteiger partial charge >= 0.3 is 0 Å². The maximum absolute atomic E-state index is 11.1. The van der Waals surface area contributed by atoms with Crippen LogP contribution in [0.5, 0.6) is 5.95 Å². The normalized spacial score (nSPS) is 20.5. The molecule has 0 amide bonds. The Bertz CT molecular complexity index is 306. The molecule has 1 aliphatic rings. The van der Waals surface area contributed by atoms with E-state index in [0.29, 0.717) is 18.8 Å². The number of hydrogen-bond donors (Lipinski definition) is 0. The number of nitrogens with zero attached hydrogens (tertiary/aromatic N) is 2. The Morgan fingerprint density at radius 1 is 1.58 bits per heavy atom. The average molecular weight is 170 g/mol. The lowest BCUT2D eigenvalue weighted by molar-refractivity contribution is -0.784. The summed E-state index contributed by atoms with van der Waals surface area (Å²) in [6, 6.07) is 0. The molecule has 66 valence electrons. The van der Waals surface area contributed by atoms with Gasteiger partial charge in [-0.2, -0.15) is 0 Å². The van der Waals surface area contributed by atoms with E-state index in [-0.39, 0.29) is 0 Å². The van der Waals surface area contributed by atoms with Crippen LogP contribution in [0.25, 0.3) is 0 Å². The van der Waals surface area contributed by atoms with Gasteiger partial charge in [-0.05, 0) is 13.8 Å². The zero-order chi connectivity index (χ0) is 8.77. The lowest BCUT2D eigenvalue weighted by Crippen LogP contribution is -2.51. The van der Waals surface area contributed by atoms with Crippen LogP contribution in [-0.2, 0) is 16.9 Å². The van der Waals surface area contributed by atoms with Crippen LogP contribution in [-0.4, -0.2) is 11.9 Å². The van der Waals surface area contributed by atoms with E-state index in [1.165, 1.54) is 0 Å². The topological polar surface area (TPSA) is 62.2 Å². The third-order valence-electron chi connectivity index (χ3n) is 2.01. The molecular weight excluding hydrogens is 160 g/mol. The summed E-state index contributed by atoms with van der Waals surface area (Å²) in [5.41, 5.74) is -0.0799. The predicted octanol–water partition coefficient (Wildman–Crippen LogP) is -0.699. The standard InChI is InChI=1S/C7H10N2O3/c1-7(2)5-6(10)12-8-9(5)3-4-11-7/h3-4H2,1-2H3. The molecule has 0 aromatic carbocycles. The van der Waals surface area contributed by atoms with Crippen LogP contribution < -0.4 is 9.79 Å². The second-order valence-corrected chi connectivity index (χ2v) is 3.29. The van der Waals surface area contributed by atoms with Gasteiger partial charge in [0.2, 0.25) is 0 Å². The zero-order valence-corrected chi connectivity index (χ0v) is 7.03. The Balaban J connectivity index is 2.56. The minimum Gasteiger partial charge on any atom is -0.539 e. The van der Waals surface area contributed by atoms with Gasteiger partial charge in [0, 0.05) is 0 Å². The average Bonchev–Trinajstić information content (AvgIpc) is 2.32. The van der Waals surface area contributed by atoms with E-state index in [1.807, 2.05) is 13.8 Å². The molecule has 1 aliphatic heterocycles. The fourth-order valence-corrected chi connectivity index (χ4v) is 1.44. The van der Waals surface area contributed by atoms with E-state index < -0.39 is 11.5 Å². The van der Waals surface area contributed by atoms with Crippen LogP contribution in [0.2, 0.25) is 0 Å². The van der Waals surface area contributed by atoms with Crippen LogP contribution >= 0.6 is 0 Å². The van der Waals surface area contributed by atoms with E-state index in [4.69, 9.17) is 4.74 Å². The first-order valence-corrected chi connectivity index (χ1v) is 3.82. The maximum Gasteiger partial charge on any atom is 0.264 e. The van der Waals surface area contributed by atoms with E-state index in [0.717, 1.165) is 0 Å². The highest BCUT2D eigenvalue weighted by Gasteiger charge is 2.39. The summed E-state index contributed by atoms with van der Waals surface area (Å²) in [5, 5.41) is 14.8. The third kappa shape index (κ3) is 0.896. The first-order valence-electron chi connectivity index (χ1n) is 3.82. The van der Waals surface area contributed by atoms with Gasteiger partial charge < -0.3 is 14.4 Å². The predicted molar refractivity (Wildman–Crippen MR) is 35.1 cm³/mol. The molecule has 5 heteroatoms. The van der Waals surface area contributed by atoms with Gasteiger partial charge in [-0.25, -0.2) is 0 Å². The molecular formula is C7H10N2O3. The largest absolute Gasteiger partial charge is 0.539 e. The van der Waals surface area contributed by atoms with Crippen molar-refractivity contribution in [3.8, 4) is 5.95 Å². The lowest BCUT2D eigenvalue weighted by Gasteiger charge is -2.24. The molecule has 0 N–H and O–H groups in total. The van der Waals surface area contributed by atoms with E-state index >= 15 is 0 Å². The van der Waals surface area contributed by atoms with Crippen LogP contribution in [0, 0.1) is 0 Å². The first-order chi connectivity index (χ1) is 5.61. The molecule has 0 spiro atoms. The van der Waals surface area contributed by atoms with Gasteiger partial charge in [0.25, 0.3) is 5.69 Å². The fourth-order valence-electron chi connectivity index (χ4n) is 1.44. The summed E-state index contributed by atoms with van der Waals surface area (Å²) >= 11 is 0. The Kier molecular flexibility index (Phi) is 1.38. The van der Waals surface area contributed by atoms with Crippen molar-refractivity contribution in [1.29, 1.82) is 0 Å². The molecule has 0 saturated carbocycles. The molecule has 0 fully saturated rings. The number of hydrogen-bond acceptors (Lipinski definition) is 4. The van der Waals surface area contributed by atoms with E-state index in [1.54, 1.807) is 4.68 Å². The Hall–Kier alpha value is -1.10. The van der Waals surface area contributed by atoms with Gasteiger partial charge in [0.1, 0.15) is 6.61 Å². The number of ether oxygens (including phenoxy) is 1. The molecule has 0 saturated heterocycles. The summed E-state index contributed by atoms with van der Waals surface area (Å²) in [6.07, 6.45) is 0. The molecule has 2 rings (SSSR count). The zero-order valence-electron chi connectivity index (χ0n) is 7.03. The molecule has 1 aromatic heterocycles. The second-order valence-electron chi connectivity index (χ2n) is 3.29. The highest BCUT2D eigenvalue weighted by Crippen LogP contribution is 2.28. The Morgan fingerprint density at radius 2 is 2.33 bits per heavy atom. The summed E-state index contributed by atoms with van der Waals surface area (Å²) < 4.78 is 11.5. The number of fused-ring (bicyclic) bond motifs is 1. The monoisotopic (exact) mass is 170 g/mol. The molecule has 0 radical (unpaired) electrons. The van der Waals surface area contributed by atoms with Crippen molar-refractivity contribution in [3.05, 3.63) is 5.69 Å². The van der Waals surface area contributed by atoms with Gasteiger partial charge in [-0.1, -0.05) is 4.68 Å². The van der Waals surface area contributed by atoms with Gasteiger partial charge in [0.15, 0.2) is 18.1 Å². The van der Waals surface area contributed by atoms with Crippen molar-refractivity contribution in [2.75, 3.05) is 6.61 Å². The summed E-state index contributed by atoms with van der Waals surface area (Å²) in [6.45, 7) is 4.81. The van der Waals surface area contributed by atoms with Crippen molar-refractivity contribution in [3.63, 3.8) is 0 Å². The SMILES string of the molecule is CC1(C)OCC[n+]2noc([O-])c21. The Morgan fingerprint density at radius 3 is 3.00 bits per heavy atom. The van der Waals surface area contributed by atoms with Gasteiger partial charge in [-0.15, -0.1) is 0 Å². The smallest absolute Gasteiger partial charge is 0.264 e. The van der Waals surface area contributed by atoms with Gasteiger partial charge in [0.05, 0.1) is 5.27 Å². The van der Waals surface area contributed by atoms with Crippen molar-refractivity contribution in [2.24, 2.45) is 0 Å². The number of rotatable bonds is 0. The van der Waals surface area contributed by atoms with Crippen LogP contribution in [0.3, 0.4) is 0 Å². The van der Waals surface area contributed by atoms with Crippen molar-refractivity contribution >= 4 is 0 Å².